The largest absolute Gasteiger partial charge is 0.490 e. The molecule has 0 atom stereocenters. The van der Waals surface area contributed by atoms with E-state index in [4.69, 9.17) is 4.74 Å². The van der Waals surface area contributed by atoms with Crippen molar-refractivity contribution in [2.24, 2.45) is 0 Å². The Morgan fingerprint density at radius 3 is 2.74 bits per heavy atom. The molecule has 0 aliphatic carbocycles. The van der Waals surface area contributed by atoms with E-state index >= 15 is 0 Å². The van der Waals surface area contributed by atoms with Crippen molar-refractivity contribution >= 4 is 22.6 Å². The molecular weight excluding hydrogens is 365 g/mol. The van der Waals surface area contributed by atoms with Gasteiger partial charge in [0.05, 0.1) is 17.0 Å². The maximum absolute atomic E-state index is 12.9. The first-order valence-corrected chi connectivity index (χ1v) is 8.08. The van der Waals surface area contributed by atoms with Crippen LogP contribution in [0.1, 0.15) is 13.8 Å². The minimum atomic E-state index is -4.46. The van der Waals surface area contributed by atoms with Crippen LogP contribution in [-0.4, -0.2) is 42.7 Å². The van der Waals surface area contributed by atoms with Crippen LogP contribution < -0.4 is 10.1 Å². The van der Waals surface area contributed by atoms with E-state index in [1.54, 1.807) is 26.0 Å². The van der Waals surface area contributed by atoms with Gasteiger partial charge in [-0.05, 0) is 26.0 Å². The summed E-state index contributed by atoms with van der Waals surface area (Å²) in [6.45, 7) is 2.15. The van der Waals surface area contributed by atoms with Crippen molar-refractivity contribution in [1.82, 2.24) is 24.5 Å². The van der Waals surface area contributed by atoms with Gasteiger partial charge in [0.15, 0.2) is 5.82 Å². The number of halogens is 3. The summed E-state index contributed by atoms with van der Waals surface area (Å²) in [6.07, 6.45) is -2.04. The average Bonchev–Trinajstić information content (AvgIpc) is 3.15. The van der Waals surface area contributed by atoms with Crippen molar-refractivity contribution in [2.45, 2.75) is 39.2 Å². The summed E-state index contributed by atoms with van der Waals surface area (Å²) in [5.41, 5.74) is 0.210. The molecule has 0 aliphatic rings. The molecule has 0 saturated heterocycles. The summed E-state index contributed by atoms with van der Waals surface area (Å²) in [6, 6.07) is 4.69. The number of carbonyl (C=O) groups excluding carboxylic acids is 1. The maximum atomic E-state index is 12.9. The molecule has 2 aromatic heterocycles. The Labute approximate surface area is 151 Å². The summed E-state index contributed by atoms with van der Waals surface area (Å²) in [5.74, 6) is -0.166. The van der Waals surface area contributed by atoms with Gasteiger partial charge in [-0.25, -0.2) is 9.67 Å². The number of nitrogens with zero attached hydrogens (tertiary/aromatic N) is 5. The number of hydrogen-bond donors (Lipinski definition) is 1. The summed E-state index contributed by atoms with van der Waals surface area (Å²) in [5, 5.41) is 10.6. The highest BCUT2D eigenvalue weighted by molar-refractivity contribution is 6.02. The second kappa shape index (κ2) is 7.25. The summed E-state index contributed by atoms with van der Waals surface area (Å²) >= 11 is 0. The first kappa shape index (κ1) is 18.7. The Bertz CT molecular complexity index is 934. The van der Waals surface area contributed by atoms with E-state index in [1.165, 1.54) is 23.4 Å². The van der Waals surface area contributed by atoms with Crippen LogP contribution in [0.3, 0.4) is 0 Å². The van der Waals surface area contributed by atoms with E-state index < -0.39 is 18.6 Å². The third-order valence-corrected chi connectivity index (χ3v) is 3.46. The highest BCUT2D eigenvalue weighted by Crippen LogP contribution is 2.34. The lowest BCUT2D eigenvalue weighted by molar-refractivity contribution is -0.141. The normalized spacial score (nSPS) is 11.9. The predicted molar refractivity (Wildman–Crippen MR) is 90.2 cm³/mol. The van der Waals surface area contributed by atoms with Crippen molar-refractivity contribution in [3.63, 3.8) is 0 Å². The van der Waals surface area contributed by atoms with Crippen molar-refractivity contribution in [2.75, 3.05) is 5.32 Å². The molecule has 0 bridgehead atoms. The van der Waals surface area contributed by atoms with Gasteiger partial charge in [-0.2, -0.15) is 23.4 Å². The lowest BCUT2D eigenvalue weighted by Gasteiger charge is -2.12. The van der Waals surface area contributed by atoms with Gasteiger partial charge in [-0.3, -0.25) is 9.48 Å². The molecular formula is C16H17F3N6O2. The fourth-order valence-corrected chi connectivity index (χ4v) is 2.56. The van der Waals surface area contributed by atoms with Gasteiger partial charge in [0.2, 0.25) is 5.91 Å². The molecule has 11 heteroatoms. The third-order valence-electron chi connectivity index (χ3n) is 3.46. The topological polar surface area (TPSA) is 86.9 Å². The molecule has 0 aliphatic heterocycles. The van der Waals surface area contributed by atoms with Crippen molar-refractivity contribution in [3.05, 3.63) is 30.9 Å². The molecule has 144 valence electrons. The van der Waals surface area contributed by atoms with Gasteiger partial charge in [0.1, 0.15) is 31.5 Å². The number of ether oxygens (including phenoxy) is 1. The molecule has 1 amide bonds. The minimum Gasteiger partial charge on any atom is -0.490 e. The number of benzene rings is 1. The minimum absolute atomic E-state index is 0.00406. The van der Waals surface area contributed by atoms with Crippen molar-refractivity contribution < 1.29 is 22.7 Å². The van der Waals surface area contributed by atoms with Crippen LogP contribution >= 0.6 is 0 Å². The predicted octanol–water partition coefficient (Wildman–Crippen LogP) is 2.62. The van der Waals surface area contributed by atoms with E-state index in [2.05, 4.69) is 20.5 Å². The van der Waals surface area contributed by atoms with Crippen LogP contribution in [-0.2, 0) is 17.9 Å². The smallest absolute Gasteiger partial charge is 0.408 e. The van der Waals surface area contributed by atoms with Crippen LogP contribution in [0.4, 0.5) is 19.0 Å². The summed E-state index contributed by atoms with van der Waals surface area (Å²) in [4.78, 5) is 16.0. The summed E-state index contributed by atoms with van der Waals surface area (Å²) < 4.78 is 46.5. The number of rotatable bonds is 6. The molecule has 3 rings (SSSR count). The fraction of sp³-hybridized carbons (Fsp3) is 0.375. The molecule has 0 radical (unpaired) electrons. The highest BCUT2D eigenvalue weighted by atomic mass is 19.4. The number of carbonyl (C=O) groups is 1. The van der Waals surface area contributed by atoms with E-state index in [0.717, 1.165) is 4.68 Å². The molecule has 0 fully saturated rings. The van der Waals surface area contributed by atoms with Gasteiger partial charge in [-0.15, -0.1) is 0 Å². The lowest BCUT2D eigenvalue weighted by atomic mass is 10.2. The fourth-order valence-electron chi connectivity index (χ4n) is 2.56. The molecule has 1 N–H and O–H groups in total. The molecule has 8 nitrogen and oxygen atoms in total. The van der Waals surface area contributed by atoms with E-state index in [-0.39, 0.29) is 24.0 Å². The third kappa shape index (κ3) is 4.54. The molecule has 27 heavy (non-hydrogen) atoms. The molecule has 0 spiro atoms. The standard InChI is InChI=1S/C16H17F3N6O2/c1-10(2)27-12-5-3-4-11-14(12)15(23-25(11)7-16(17,18)19)22-13(26)6-24-9-20-8-21-24/h3-5,8-10H,6-7H2,1-2H3,(H,22,23,26). The van der Waals surface area contributed by atoms with Crippen molar-refractivity contribution in [1.29, 1.82) is 0 Å². The number of hydrogen-bond acceptors (Lipinski definition) is 5. The lowest BCUT2D eigenvalue weighted by Crippen LogP contribution is -2.21. The molecule has 3 aromatic rings. The second-order valence-electron chi connectivity index (χ2n) is 6.08. The van der Waals surface area contributed by atoms with Gasteiger partial charge in [0, 0.05) is 0 Å². The first-order valence-electron chi connectivity index (χ1n) is 8.08. The number of anilines is 1. The van der Waals surface area contributed by atoms with Gasteiger partial charge in [0.25, 0.3) is 0 Å². The molecule has 0 saturated carbocycles. The van der Waals surface area contributed by atoms with Gasteiger partial charge >= 0.3 is 6.18 Å². The van der Waals surface area contributed by atoms with E-state index in [9.17, 15) is 18.0 Å². The van der Waals surface area contributed by atoms with E-state index in [0.29, 0.717) is 11.1 Å². The molecule has 1 aromatic carbocycles. The molecule has 0 unspecified atom stereocenters. The second-order valence-corrected chi connectivity index (χ2v) is 6.08. The number of nitrogens with one attached hydrogen (secondary N) is 1. The quantitative estimate of drug-likeness (QED) is 0.708. The van der Waals surface area contributed by atoms with Gasteiger partial charge < -0.3 is 10.1 Å². The Morgan fingerprint density at radius 1 is 1.33 bits per heavy atom. The van der Waals surface area contributed by atoms with Crippen LogP contribution in [0, 0.1) is 0 Å². The molecule has 2 heterocycles. The SMILES string of the molecule is CC(C)Oc1cccc2c1c(NC(=O)Cn1cncn1)nn2CC(F)(F)F. The number of fused-ring (bicyclic) bond motifs is 1. The number of amides is 1. The Morgan fingerprint density at radius 2 is 2.11 bits per heavy atom. The summed E-state index contributed by atoms with van der Waals surface area (Å²) in [7, 11) is 0. The monoisotopic (exact) mass is 382 g/mol. The Balaban J connectivity index is 1.99. The van der Waals surface area contributed by atoms with Crippen molar-refractivity contribution in [3.8, 4) is 5.75 Å². The number of alkyl halides is 3. The average molecular weight is 382 g/mol. The Hall–Kier alpha value is -3.11. The van der Waals surface area contributed by atoms with E-state index in [1.807, 2.05) is 0 Å². The zero-order valence-electron chi connectivity index (χ0n) is 14.6. The highest BCUT2D eigenvalue weighted by Gasteiger charge is 2.30. The first-order chi connectivity index (χ1) is 12.7. The van der Waals surface area contributed by atoms with Crippen LogP contribution in [0.2, 0.25) is 0 Å². The van der Waals surface area contributed by atoms with Gasteiger partial charge in [-0.1, -0.05) is 6.07 Å². The van der Waals surface area contributed by atoms with Crippen LogP contribution in [0.15, 0.2) is 30.9 Å². The number of aromatic nitrogens is 5. The maximum Gasteiger partial charge on any atom is 0.408 e. The zero-order valence-corrected chi connectivity index (χ0v) is 14.6. The zero-order chi connectivity index (χ0) is 19.6. The van der Waals surface area contributed by atoms with Crippen LogP contribution in [0.5, 0.6) is 5.75 Å². The Kier molecular flexibility index (Phi) is 5.02. The van der Waals surface area contributed by atoms with Crippen LogP contribution in [0.25, 0.3) is 10.9 Å².